The summed E-state index contributed by atoms with van der Waals surface area (Å²) in [4.78, 5) is 15.7. The van der Waals surface area contributed by atoms with Crippen molar-refractivity contribution >= 4 is 5.97 Å². The van der Waals surface area contributed by atoms with Crippen LogP contribution in [0.3, 0.4) is 0 Å². The molecule has 0 aromatic carbocycles. The van der Waals surface area contributed by atoms with Gasteiger partial charge in [-0.2, -0.15) is 5.10 Å². The van der Waals surface area contributed by atoms with Crippen LogP contribution in [0.15, 0.2) is 6.20 Å². The Kier molecular flexibility index (Phi) is 3.61. The van der Waals surface area contributed by atoms with E-state index in [0.29, 0.717) is 18.6 Å². The fourth-order valence-electron chi connectivity index (χ4n) is 1.20. The fourth-order valence-corrected chi connectivity index (χ4v) is 1.20. The van der Waals surface area contributed by atoms with E-state index >= 15 is 0 Å². The lowest BCUT2D eigenvalue weighted by Gasteiger charge is -2.03. The molecule has 0 aliphatic heterocycles. The van der Waals surface area contributed by atoms with E-state index in [-0.39, 0.29) is 0 Å². The van der Waals surface area contributed by atoms with E-state index in [4.69, 9.17) is 5.90 Å². The number of ether oxygens (including phenoxy) is 1. The average molecular weight is 199 g/mol. The van der Waals surface area contributed by atoms with Gasteiger partial charge >= 0.3 is 5.97 Å². The molecule has 0 aliphatic rings. The number of hydrogen-bond donors (Lipinski definition) is 1. The largest absolute Gasteiger partial charge is 0.465 e. The van der Waals surface area contributed by atoms with Crippen LogP contribution in [0.5, 0.6) is 0 Å². The zero-order valence-electron chi connectivity index (χ0n) is 8.19. The molecule has 0 fully saturated rings. The number of aromatic nitrogens is 2. The number of aryl methyl sites for hydroxylation is 1. The summed E-state index contributed by atoms with van der Waals surface area (Å²) in [5, 5.41) is 3.96. The Morgan fingerprint density at radius 1 is 1.71 bits per heavy atom. The van der Waals surface area contributed by atoms with Crippen LogP contribution in [0, 0.1) is 0 Å². The number of nitrogens with two attached hydrogens (primary N) is 1. The first-order valence-corrected chi connectivity index (χ1v) is 4.11. The molecule has 1 heterocycles. The zero-order valence-corrected chi connectivity index (χ0v) is 8.19. The number of rotatable bonds is 4. The van der Waals surface area contributed by atoms with Gasteiger partial charge < -0.3 is 9.57 Å². The molecule has 78 valence electrons. The van der Waals surface area contributed by atoms with Crippen LogP contribution in [-0.2, 0) is 23.0 Å². The van der Waals surface area contributed by atoms with Crippen LogP contribution in [0.1, 0.15) is 16.1 Å². The molecule has 0 unspecified atom stereocenters. The summed E-state index contributed by atoms with van der Waals surface area (Å²) in [7, 11) is 3.08. The van der Waals surface area contributed by atoms with Crippen LogP contribution < -0.4 is 5.90 Å². The molecule has 6 nitrogen and oxygen atoms in total. The van der Waals surface area contributed by atoms with Gasteiger partial charge in [0.1, 0.15) is 5.56 Å². The van der Waals surface area contributed by atoms with Crippen LogP contribution in [0.25, 0.3) is 0 Å². The molecule has 0 aliphatic carbocycles. The topological polar surface area (TPSA) is 79.4 Å². The minimum Gasteiger partial charge on any atom is -0.465 e. The Morgan fingerprint density at radius 3 is 3.00 bits per heavy atom. The van der Waals surface area contributed by atoms with Crippen molar-refractivity contribution in [3.05, 3.63) is 17.5 Å². The maximum Gasteiger partial charge on any atom is 0.341 e. The first-order chi connectivity index (χ1) is 6.70. The minimum absolute atomic E-state index is 0.337. The lowest BCUT2D eigenvalue weighted by atomic mass is 10.2. The number of hydrogen-bond acceptors (Lipinski definition) is 5. The first-order valence-electron chi connectivity index (χ1n) is 4.11. The van der Waals surface area contributed by atoms with Crippen molar-refractivity contribution in [3.63, 3.8) is 0 Å². The van der Waals surface area contributed by atoms with Crippen molar-refractivity contribution in [2.75, 3.05) is 13.7 Å². The second-order valence-electron chi connectivity index (χ2n) is 2.74. The molecule has 6 heteroatoms. The molecule has 1 aromatic heterocycles. The zero-order chi connectivity index (χ0) is 10.6. The summed E-state index contributed by atoms with van der Waals surface area (Å²) in [6.45, 7) is 0.337. The number of carbonyl (C=O) groups is 1. The number of nitrogens with zero attached hydrogens (tertiary/aromatic N) is 2. The Hall–Kier alpha value is -1.40. The highest BCUT2D eigenvalue weighted by Gasteiger charge is 2.15. The van der Waals surface area contributed by atoms with Crippen LogP contribution in [0.4, 0.5) is 0 Å². The molecule has 0 atom stereocenters. The second-order valence-corrected chi connectivity index (χ2v) is 2.74. The van der Waals surface area contributed by atoms with E-state index in [9.17, 15) is 4.79 Å². The first kappa shape index (κ1) is 10.7. The summed E-state index contributed by atoms with van der Waals surface area (Å²) >= 11 is 0. The number of esters is 1. The molecule has 1 rings (SSSR count). The highest BCUT2D eigenvalue weighted by atomic mass is 16.6. The molecule has 0 radical (unpaired) electrons. The van der Waals surface area contributed by atoms with Crippen molar-refractivity contribution in [2.45, 2.75) is 6.42 Å². The van der Waals surface area contributed by atoms with Crippen LogP contribution in [-0.4, -0.2) is 29.5 Å². The Labute approximate surface area is 81.5 Å². The van der Waals surface area contributed by atoms with Gasteiger partial charge in [0, 0.05) is 13.5 Å². The van der Waals surface area contributed by atoms with Crippen molar-refractivity contribution in [1.82, 2.24) is 9.78 Å². The molecule has 14 heavy (non-hydrogen) atoms. The highest BCUT2D eigenvalue weighted by molar-refractivity contribution is 5.90. The Morgan fingerprint density at radius 2 is 2.43 bits per heavy atom. The highest BCUT2D eigenvalue weighted by Crippen LogP contribution is 2.09. The normalized spacial score (nSPS) is 10.2. The predicted molar refractivity (Wildman–Crippen MR) is 48.4 cm³/mol. The van der Waals surface area contributed by atoms with Crippen molar-refractivity contribution < 1.29 is 14.4 Å². The molecule has 0 amide bonds. The lowest BCUT2D eigenvalue weighted by Crippen LogP contribution is -2.11. The molecule has 2 N–H and O–H groups in total. The third kappa shape index (κ3) is 2.09. The van der Waals surface area contributed by atoms with Gasteiger partial charge in [-0.25, -0.2) is 10.7 Å². The third-order valence-electron chi connectivity index (χ3n) is 1.92. The van der Waals surface area contributed by atoms with Gasteiger partial charge in [-0.3, -0.25) is 4.68 Å². The summed E-state index contributed by atoms with van der Waals surface area (Å²) < 4.78 is 6.21. The summed E-state index contributed by atoms with van der Waals surface area (Å²) in [5.74, 6) is 4.51. The van der Waals surface area contributed by atoms with Gasteiger partial charge in [-0.05, 0) is 0 Å². The molecule has 0 spiro atoms. The SMILES string of the molecule is COC(=O)c1cnn(C)c1CCON. The monoisotopic (exact) mass is 199 g/mol. The summed E-state index contributed by atoms with van der Waals surface area (Å²) in [5.41, 5.74) is 1.20. The molecular weight excluding hydrogens is 186 g/mol. The Balaban J connectivity index is 2.88. The molecule has 0 saturated heterocycles. The van der Waals surface area contributed by atoms with Crippen LogP contribution >= 0.6 is 0 Å². The summed E-state index contributed by atoms with van der Waals surface area (Å²) in [6.07, 6.45) is 2.00. The van der Waals surface area contributed by atoms with E-state index in [2.05, 4.69) is 14.7 Å². The maximum absolute atomic E-state index is 11.3. The third-order valence-corrected chi connectivity index (χ3v) is 1.92. The molecule has 1 aromatic rings. The van der Waals surface area contributed by atoms with E-state index in [1.54, 1.807) is 11.7 Å². The van der Waals surface area contributed by atoms with Gasteiger partial charge in [-0.15, -0.1) is 0 Å². The number of methoxy groups -OCH3 is 1. The van der Waals surface area contributed by atoms with Gasteiger partial charge in [0.05, 0.1) is 25.6 Å². The van der Waals surface area contributed by atoms with Crippen molar-refractivity contribution in [2.24, 2.45) is 12.9 Å². The van der Waals surface area contributed by atoms with Gasteiger partial charge in [-0.1, -0.05) is 0 Å². The quantitative estimate of drug-likeness (QED) is 0.529. The minimum atomic E-state index is -0.398. The standard InChI is InChI=1S/C8H13N3O3/c1-11-7(3-4-14-9)6(5-10-11)8(12)13-2/h5H,3-4,9H2,1-2H3. The summed E-state index contributed by atoms with van der Waals surface area (Å²) in [6, 6.07) is 0. The van der Waals surface area contributed by atoms with E-state index < -0.39 is 5.97 Å². The van der Waals surface area contributed by atoms with Gasteiger partial charge in [0.2, 0.25) is 0 Å². The van der Waals surface area contributed by atoms with E-state index in [1.165, 1.54) is 13.3 Å². The molecule has 0 saturated carbocycles. The van der Waals surface area contributed by atoms with E-state index in [1.807, 2.05) is 0 Å². The number of carbonyl (C=O) groups excluding carboxylic acids is 1. The van der Waals surface area contributed by atoms with Crippen LogP contribution in [0.2, 0.25) is 0 Å². The fraction of sp³-hybridized carbons (Fsp3) is 0.500. The predicted octanol–water partition coefficient (Wildman–Crippen LogP) is -0.360. The average Bonchev–Trinajstić information content (AvgIpc) is 2.56. The Bertz CT molecular complexity index is 322. The lowest BCUT2D eigenvalue weighted by molar-refractivity contribution is 0.0598. The second kappa shape index (κ2) is 4.73. The van der Waals surface area contributed by atoms with E-state index in [0.717, 1.165) is 5.69 Å². The molecule has 0 bridgehead atoms. The van der Waals surface area contributed by atoms with Gasteiger partial charge in [0.15, 0.2) is 0 Å². The van der Waals surface area contributed by atoms with Crippen molar-refractivity contribution in [3.8, 4) is 0 Å². The van der Waals surface area contributed by atoms with Crippen molar-refractivity contribution in [1.29, 1.82) is 0 Å². The maximum atomic E-state index is 11.3. The smallest absolute Gasteiger partial charge is 0.341 e. The van der Waals surface area contributed by atoms with Gasteiger partial charge in [0.25, 0.3) is 0 Å². The molecular formula is C8H13N3O3.